The molecule has 1 heterocycles. The van der Waals surface area contributed by atoms with Crippen LogP contribution < -0.4 is 10.5 Å². The zero-order chi connectivity index (χ0) is 14.9. The minimum Gasteiger partial charge on any atom is -0.326 e. The van der Waals surface area contributed by atoms with Gasteiger partial charge in [-0.05, 0) is 67.9 Å². The summed E-state index contributed by atoms with van der Waals surface area (Å²) in [6, 6.07) is 5.26. The molecule has 3 N–H and O–H groups in total. The number of hydrogen-bond acceptors (Lipinski definition) is 4. The third kappa shape index (κ3) is 3.25. The average molecular weight is 440 g/mol. The minimum absolute atomic E-state index is 0.199. The number of aryl methyl sites for hydroxylation is 1. The second-order valence-electron chi connectivity index (χ2n) is 4.12. The van der Waals surface area contributed by atoms with Crippen LogP contribution in [-0.4, -0.2) is 8.42 Å². The van der Waals surface area contributed by atoms with E-state index < -0.39 is 10.0 Å². The molecule has 0 saturated heterocycles. The quantitative estimate of drug-likeness (QED) is 0.759. The van der Waals surface area contributed by atoms with E-state index in [4.69, 9.17) is 5.73 Å². The van der Waals surface area contributed by atoms with Crippen LogP contribution in [0.25, 0.3) is 0 Å². The summed E-state index contributed by atoms with van der Waals surface area (Å²) in [4.78, 5) is 0.862. The topological polar surface area (TPSA) is 72.2 Å². The van der Waals surface area contributed by atoms with Crippen LogP contribution in [0.5, 0.6) is 0 Å². The molecule has 0 aliphatic carbocycles. The van der Waals surface area contributed by atoms with Crippen molar-refractivity contribution < 1.29 is 8.42 Å². The molecule has 0 radical (unpaired) electrons. The maximum atomic E-state index is 12.4. The van der Waals surface area contributed by atoms with Crippen molar-refractivity contribution >= 4 is 58.9 Å². The predicted molar refractivity (Wildman–Crippen MR) is 89.6 cm³/mol. The Hall–Kier alpha value is -0.410. The Morgan fingerprint density at radius 3 is 2.45 bits per heavy atom. The standard InChI is InChI=1S/C12H12Br2N2O2S2/c1-7-4-8(13)12(9(14)5-7)16-20(17,18)11-2-3-19-10(11)6-15/h2-5,16H,6,15H2,1H3. The Morgan fingerprint density at radius 2 is 1.90 bits per heavy atom. The zero-order valence-electron chi connectivity index (χ0n) is 10.5. The van der Waals surface area contributed by atoms with Crippen molar-refractivity contribution in [3.63, 3.8) is 0 Å². The van der Waals surface area contributed by atoms with Crippen molar-refractivity contribution in [1.82, 2.24) is 0 Å². The van der Waals surface area contributed by atoms with Gasteiger partial charge in [0.1, 0.15) is 4.90 Å². The average Bonchev–Trinajstić information content (AvgIpc) is 2.83. The van der Waals surface area contributed by atoms with Crippen LogP contribution in [0.2, 0.25) is 0 Å². The predicted octanol–water partition coefficient (Wildman–Crippen LogP) is 3.84. The van der Waals surface area contributed by atoms with E-state index >= 15 is 0 Å². The fourth-order valence-corrected chi connectivity index (χ4v) is 6.02. The highest BCUT2D eigenvalue weighted by molar-refractivity contribution is 9.11. The maximum Gasteiger partial charge on any atom is 0.263 e. The van der Waals surface area contributed by atoms with Gasteiger partial charge in [0.15, 0.2) is 0 Å². The molecule has 0 fully saturated rings. The first-order valence-electron chi connectivity index (χ1n) is 5.60. The van der Waals surface area contributed by atoms with Gasteiger partial charge >= 0.3 is 0 Å². The van der Waals surface area contributed by atoms with Crippen molar-refractivity contribution in [1.29, 1.82) is 0 Å². The third-order valence-electron chi connectivity index (χ3n) is 2.60. The van der Waals surface area contributed by atoms with E-state index in [0.29, 0.717) is 19.5 Å². The number of sulfonamides is 1. The third-order valence-corrected chi connectivity index (χ3v) is 6.36. The summed E-state index contributed by atoms with van der Waals surface area (Å²) in [6.45, 7) is 2.13. The van der Waals surface area contributed by atoms with Crippen molar-refractivity contribution in [2.24, 2.45) is 5.73 Å². The number of hydrogen-bond donors (Lipinski definition) is 2. The summed E-state index contributed by atoms with van der Waals surface area (Å²) < 4.78 is 28.8. The number of halogens is 2. The van der Waals surface area contributed by atoms with Crippen molar-refractivity contribution in [2.45, 2.75) is 18.4 Å². The highest BCUT2D eigenvalue weighted by Crippen LogP contribution is 2.34. The van der Waals surface area contributed by atoms with E-state index in [1.54, 1.807) is 11.4 Å². The number of anilines is 1. The normalized spacial score (nSPS) is 11.6. The Labute approximate surface area is 138 Å². The van der Waals surface area contributed by atoms with E-state index in [2.05, 4.69) is 36.6 Å². The second-order valence-corrected chi connectivity index (χ2v) is 8.48. The van der Waals surface area contributed by atoms with E-state index in [1.165, 1.54) is 11.3 Å². The largest absolute Gasteiger partial charge is 0.326 e. The fraction of sp³-hybridized carbons (Fsp3) is 0.167. The lowest BCUT2D eigenvalue weighted by molar-refractivity contribution is 0.600. The number of nitrogens with one attached hydrogen (secondary N) is 1. The Bertz CT molecular complexity index is 719. The van der Waals surface area contributed by atoms with Crippen molar-refractivity contribution in [3.05, 3.63) is 43.0 Å². The summed E-state index contributed by atoms with van der Waals surface area (Å²) >= 11 is 8.07. The first-order chi connectivity index (χ1) is 9.35. The molecule has 1 aromatic heterocycles. The Balaban J connectivity index is 2.44. The SMILES string of the molecule is Cc1cc(Br)c(NS(=O)(=O)c2ccsc2CN)c(Br)c1. The Kier molecular flexibility index (Phi) is 4.91. The molecule has 0 unspecified atom stereocenters. The monoisotopic (exact) mass is 438 g/mol. The molecule has 108 valence electrons. The lowest BCUT2D eigenvalue weighted by atomic mass is 10.2. The molecule has 0 aliphatic heterocycles. The van der Waals surface area contributed by atoms with Gasteiger partial charge in [0.2, 0.25) is 0 Å². The molecule has 8 heteroatoms. The van der Waals surface area contributed by atoms with Gasteiger partial charge in [0, 0.05) is 20.4 Å². The van der Waals surface area contributed by atoms with Crippen LogP contribution in [0.15, 0.2) is 37.4 Å². The molecular formula is C12H12Br2N2O2S2. The molecule has 2 rings (SSSR count). The van der Waals surface area contributed by atoms with Crippen LogP contribution in [0.3, 0.4) is 0 Å². The van der Waals surface area contributed by atoms with Crippen molar-refractivity contribution in [3.8, 4) is 0 Å². The van der Waals surface area contributed by atoms with E-state index in [1.807, 2.05) is 19.1 Å². The van der Waals surface area contributed by atoms with Gasteiger partial charge in [-0.1, -0.05) is 0 Å². The molecule has 0 amide bonds. The molecule has 0 atom stereocenters. The molecule has 2 aromatic rings. The molecule has 0 aliphatic rings. The highest BCUT2D eigenvalue weighted by Gasteiger charge is 2.21. The van der Waals surface area contributed by atoms with E-state index in [0.717, 1.165) is 5.56 Å². The number of benzene rings is 1. The van der Waals surface area contributed by atoms with Gasteiger partial charge in [-0.25, -0.2) is 8.42 Å². The van der Waals surface area contributed by atoms with Gasteiger partial charge in [-0.2, -0.15) is 0 Å². The van der Waals surface area contributed by atoms with Crippen LogP contribution in [0.4, 0.5) is 5.69 Å². The van der Waals surface area contributed by atoms with Gasteiger partial charge in [-0.3, -0.25) is 4.72 Å². The van der Waals surface area contributed by atoms with Gasteiger partial charge < -0.3 is 5.73 Å². The van der Waals surface area contributed by atoms with Crippen LogP contribution in [-0.2, 0) is 16.6 Å². The van der Waals surface area contributed by atoms with Gasteiger partial charge in [0.05, 0.1) is 5.69 Å². The highest BCUT2D eigenvalue weighted by atomic mass is 79.9. The maximum absolute atomic E-state index is 12.4. The number of rotatable bonds is 4. The fourth-order valence-electron chi connectivity index (χ4n) is 1.70. The summed E-state index contributed by atoms with van der Waals surface area (Å²) in [5, 5.41) is 1.72. The summed E-state index contributed by atoms with van der Waals surface area (Å²) in [6.07, 6.45) is 0. The minimum atomic E-state index is -3.65. The molecule has 0 bridgehead atoms. The molecule has 0 saturated carbocycles. The van der Waals surface area contributed by atoms with E-state index in [-0.39, 0.29) is 11.4 Å². The number of thiophene rings is 1. The van der Waals surface area contributed by atoms with Crippen molar-refractivity contribution in [2.75, 3.05) is 4.72 Å². The van der Waals surface area contributed by atoms with Gasteiger partial charge in [-0.15, -0.1) is 11.3 Å². The summed E-state index contributed by atoms with van der Waals surface area (Å²) in [7, 11) is -3.65. The molecule has 4 nitrogen and oxygen atoms in total. The van der Waals surface area contributed by atoms with E-state index in [9.17, 15) is 8.42 Å². The van der Waals surface area contributed by atoms with Gasteiger partial charge in [0.25, 0.3) is 10.0 Å². The summed E-state index contributed by atoms with van der Waals surface area (Å²) in [5.41, 5.74) is 7.06. The molecule has 1 aromatic carbocycles. The second kappa shape index (κ2) is 6.15. The smallest absolute Gasteiger partial charge is 0.263 e. The molecule has 0 spiro atoms. The van der Waals surface area contributed by atoms with Crippen LogP contribution in [0.1, 0.15) is 10.4 Å². The Morgan fingerprint density at radius 1 is 1.30 bits per heavy atom. The lowest BCUT2D eigenvalue weighted by Gasteiger charge is -2.12. The van der Waals surface area contributed by atoms with Crippen LogP contribution in [0, 0.1) is 6.92 Å². The molecular weight excluding hydrogens is 428 g/mol. The first kappa shape index (κ1) is 16.0. The van der Waals surface area contributed by atoms with Crippen LogP contribution >= 0.6 is 43.2 Å². The molecule has 20 heavy (non-hydrogen) atoms. The number of nitrogens with two attached hydrogens (primary N) is 1. The zero-order valence-corrected chi connectivity index (χ0v) is 15.3. The first-order valence-corrected chi connectivity index (χ1v) is 9.55. The lowest BCUT2D eigenvalue weighted by Crippen LogP contribution is -2.15. The summed E-state index contributed by atoms with van der Waals surface area (Å²) in [5.74, 6) is 0.